The summed E-state index contributed by atoms with van der Waals surface area (Å²) in [5.74, 6) is -0.429. The highest BCUT2D eigenvalue weighted by Gasteiger charge is 2.28. The van der Waals surface area contributed by atoms with Crippen LogP contribution in [0.15, 0.2) is 48.5 Å². The molecular formula is C22H24N4O3. The van der Waals surface area contributed by atoms with Crippen molar-refractivity contribution in [3.05, 3.63) is 59.7 Å². The number of carbonyl (C=O) groups is 3. The molecule has 0 aromatic heterocycles. The Labute approximate surface area is 169 Å². The Morgan fingerprint density at radius 1 is 0.966 bits per heavy atom. The van der Waals surface area contributed by atoms with Gasteiger partial charge in [0.15, 0.2) is 0 Å². The highest BCUT2D eigenvalue weighted by atomic mass is 16.2. The molecule has 0 saturated carbocycles. The molecule has 2 heterocycles. The average Bonchev–Trinajstić information content (AvgIpc) is 3.07. The van der Waals surface area contributed by atoms with E-state index in [9.17, 15) is 14.4 Å². The summed E-state index contributed by atoms with van der Waals surface area (Å²) in [6.45, 7) is 2.24. The molecule has 0 radical (unpaired) electrons. The summed E-state index contributed by atoms with van der Waals surface area (Å²) in [6.07, 6.45) is 3.59. The van der Waals surface area contributed by atoms with Gasteiger partial charge in [0.25, 0.3) is 5.91 Å². The number of anilines is 2. The molecule has 4 amide bonds. The highest BCUT2D eigenvalue weighted by Crippen LogP contribution is 2.28. The summed E-state index contributed by atoms with van der Waals surface area (Å²) in [7, 11) is 0. The number of imide groups is 1. The van der Waals surface area contributed by atoms with Crippen molar-refractivity contribution in [1.82, 2.24) is 10.2 Å². The lowest BCUT2D eigenvalue weighted by atomic mass is 10.1. The number of amides is 4. The van der Waals surface area contributed by atoms with Gasteiger partial charge < -0.3 is 15.5 Å². The Morgan fingerprint density at radius 3 is 2.38 bits per heavy atom. The van der Waals surface area contributed by atoms with E-state index in [-0.39, 0.29) is 30.9 Å². The lowest BCUT2D eigenvalue weighted by Crippen LogP contribution is -2.30. The molecular weight excluding hydrogens is 368 g/mol. The van der Waals surface area contributed by atoms with Gasteiger partial charge in [-0.05, 0) is 49.1 Å². The number of nitrogens with zero attached hydrogens (tertiary/aromatic N) is 2. The van der Waals surface area contributed by atoms with E-state index in [2.05, 4.69) is 15.5 Å². The van der Waals surface area contributed by atoms with E-state index >= 15 is 0 Å². The summed E-state index contributed by atoms with van der Waals surface area (Å²) in [5, 5.41) is 5.52. The van der Waals surface area contributed by atoms with Crippen molar-refractivity contribution in [2.24, 2.45) is 0 Å². The van der Waals surface area contributed by atoms with Gasteiger partial charge in [-0.1, -0.05) is 24.3 Å². The molecule has 7 heteroatoms. The van der Waals surface area contributed by atoms with Gasteiger partial charge in [-0.2, -0.15) is 0 Å². The van der Waals surface area contributed by atoms with Crippen molar-refractivity contribution in [2.45, 2.75) is 25.8 Å². The summed E-state index contributed by atoms with van der Waals surface area (Å²) in [4.78, 5) is 39.6. The molecule has 4 rings (SSSR count). The number of urea groups is 1. The summed E-state index contributed by atoms with van der Waals surface area (Å²) >= 11 is 0. The van der Waals surface area contributed by atoms with E-state index in [1.165, 1.54) is 24.2 Å². The van der Waals surface area contributed by atoms with Crippen LogP contribution in [0.5, 0.6) is 0 Å². The maximum absolute atomic E-state index is 12.8. The fourth-order valence-corrected chi connectivity index (χ4v) is 3.74. The minimum Gasteiger partial charge on any atom is -0.370 e. The molecule has 2 N–H and O–H groups in total. The van der Waals surface area contributed by atoms with Crippen LogP contribution < -0.4 is 15.5 Å². The van der Waals surface area contributed by atoms with E-state index in [0.29, 0.717) is 5.56 Å². The van der Waals surface area contributed by atoms with Crippen LogP contribution in [0, 0.1) is 0 Å². The van der Waals surface area contributed by atoms with Gasteiger partial charge in [0.1, 0.15) is 0 Å². The van der Waals surface area contributed by atoms with Crippen LogP contribution in [0.25, 0.3) is 0 Å². The van der Waals surface area contributed by atoms with Gasteiger partial charge in [-0.3, -0.25) is 14.5 Å². The van der Waals surface area contributed by atoms with Gasteiger partial charge in [-0.25, -0.2) is 4.79 Å². The van der Waals surface area contributed by atoms with Crippen LogP contribution in [0.2, 0.25) is 0 Å². The molecule has 2 saturated heterocycles. The first-order valence-electron chi connectivity index (χ1n) is 9.94. The molecule has 2 aliphatic heterocycles. The molecule has 150 valence electrons. The van der Waals surface area contributed by atoms with Crippen LogP contribution in [0.4, 0.5) is 16.2 Å². The molecule has 2 aromatic carbocycles. The first kappa shape index (κ1) is 19.0. The van der Waals surface area contributed by atoms with Crippen molar-refractivity contribution in [1.29, 1.82) is 0 Å². The molecule has 0 aliphatic carbocycles. The molecule has 0 atom stereocenters. The zero-order chi connectivity index (χ0) is 20.2. The lowest BCUT2D eigenvalue weighted by molar-refractivity contribution is -0.125. The minimum absolute atomic E-state index is 0.0374. The molecule has 7 nitrogen and oxygen atoms in total. The third-order valence-corrected chi connectivity index (χ3v) is 5.34. The number of carbonyl (C=O) groups excluding carboxylic acids is 3. The quantitative estimate of drug-likeness (QED) is 0.767. The van der Waals surface area contributed by atoms with Crippen molar-refractivity contribution < 1.29 is 14.4 Å². The molecule has 0 spiro atoms. The fourth-order valence-electron chi connectivity index (χ4n) is 3.74. The van der Waals surface area contributed by atoms with Gasteiger partial charge in [-0.15, -0.1) is 0 Å². The predicted molar refractivity (Wildman–Crippen MR) is 111 cm³/mol. The Morgan fingerprint density at radius 2 is 1.69 bits per heavy atom. The second-order valence-electron chi connectivity index (χ2n) is 7.35. The molecule has 0 bridgehead atoms. The molecule has 29 heavy (non-hydrogen) atoms. The maximum atomic E-state index is 12.8. The van der Waals surface area contributed by atoms with Crippen molar-refractivity contribution in [2.75, 3.05) is 29.9 Å². The van der Waals surface area contributed by atoms with Crippen LogP contribution in [-0.2, 0) is 11.3 Å². The number of rotatable bonds is 5. The Balaban J connectivity index is 1.44. The summed E-state index contributed by atoms with van der Waals surface area (Å²) in [6, 6.07) is 14.5. The number of hydrogen-bond donors (Lipinski definition) is 2. The first-order valence-corrected chi connectivity index (χ1v) is 9.94. The second-order valence-corrected chi connectivity index (χ2v) is 7.35. The number of para-hydroxylation sites is 2. The zero-order valence-corrected chi connectivity index (χ0v) is 16.2. The maximum Gasteiger partial charge on any atom is 0.324 e. The van der Waals surface area contributed by atoms with Crippen LogP contribution in [0.1, 0.15) is 35.2 Å². The number of nitrogens with one attached hydrogen (secondary N) is 2. The zero-order valence-electron chi connectivity index (χ0n) is 16.2. The summed E-state index contributed by atoms with van der Waals surface area (Å²) in [5.41, 5.74) is 3.18. The lowest BCUT2D eigenvalue weighted by Gasteiger charge is -2.30. The van der Waals surface area contributed by atoms with E-state index < -0.39 is 0 Å². The van der Waals surface area contributed by atoms with Crippen LogP contribution in [0.3, 0.4) is 0 Å². The third kappa shape index (κ3) is 4.23. The number of hydrogen-bond acceptors (Lipinski definition) is 4. The minimum atomic E-state index is -0.383. The van der Waals surface area contributed by atoms with Gasteiger partial charge in [0.05, 0.1) is 24.5 Å². The molecule has 2 aliphatic rings. The smallest absolute Gasteiger partial charge is 0.324 e. The average molecular weight is 392 g/mol. The predicted octanol–water partition coefficient (Wildman–Crippen LogP) is 2.98. The second kappa shape index (κ2) is 8.34. The molecule has 0 unspecified atom stereocenters. The monoisotopic (exact) mass is 392 g/mol. The van der Waals surface area contributed by atoms with E-state index in [1.807, 2.05) is 24.3 Å². The highest BCUT2D eigenvalue weighted by molar-refractivity contribution is 6.06. The topological polar surface area (TPSA) is 81.8 Å². The first-order chi connectivity index (χ1) is 14.1. The van der Waals surface area contributed by atoms with Gasteiger partial charge in [0.2, 0.25) is 5.91 Å². The van der Waals surface area contributed by atoms with Gasteiger partial charge >= 0.3 is 6.03 Å². The van der Waals surface area contributed by atoms with Crippen molar-refractivity contribution in [3.8, 4) is 0 Å². The third-order valence-electron chi connectivity index (χ3n) is 5.34. The number of benzene rings is 2. The Hall–Kier alpha value is -3.35. The number of piperidine rings is 1. The molecule has 2 aromatic rings. The van der Waals surface area contributed by atoms with Crippen molar-refractivity contribution in [3.63, 3.8) is 0 Å². The van der Waals surface area contributed by atoms with Crippen LogP contribution >= 0.6 is 0 Å². The van der Waals surface area contributed by atoms with Crippen LogP contribution in [-0.4, -0.2) is 42.4 Å². The SMILES string of the molecule is O=C(Nc1ccccc1N1CCCCC1)c1ccc(CN2C(=O)CNC2=O)cc1. The van der Waals surface area contributed by atoms with Crippen molar-refractivity contribution >= 4 is 29.2 Å². The van der Waals surface area contributed by atoms with E-state index in [1.54, 1.807) is 24.3 Å². The van der Waals surface area contributed by atoms with E-state index in [4.69, 9.17) is 0 Å². The largest absolute Gasteiger partial charge is 0.370 e. The normalized spacial score (nSPS) is 16.7. The molecule has 2 fully saturated rings. The Bertz CT molecular complexity index is 904. The van der Waals surface area contributed by atoms with Gasteiger partial charge in [0, 0.05) is 18.7 Å². The summed E-state index contributed by atoms with van der Waals surface area (Å²) < 4.78 is 0. The Kier molecular flexibility index (Phi) is 5.46. The van der Waals surface area contributed by atoms with E-state index in [0.717, 1.165) is 30.0 Å². The standard InChI is InChI=1S/C22H24N4O3/c27-20-14-23-22(29)26(20)15-16-8-10-17(11-9-16)21(28)24-18-6-2-3-7-19(18)25-12-4-1-5-13-25/h2-3,6-11H,1,4-5,12-15H2,(H,23,29)(H,24,28). The fraction of sp³-hybridized carbons (Fsp3) is 0.318.